The number of allylic oxidation sites excluding steroid dienone is 9. The molecule has 0 fully saturated rings. The molecule has 5 nitrogen and oxygen atoms in total. The van der Waals surface area contributed by atoms with E-state index in [-0.39, 0.29) is 11.9 Å². The third-order valence-corrected chi connectivity index (χ3v) is 3.46. The van der Waals surface area contributed by atoms with Crippen molar-refractivity contribution in [3.8, 4) is 0 Å². The molecule has 0 aliphatic carbocycles. The molecule has 1 amide bonds. The molecular formula is C21H34N4O. The fraction of sp³-hybridized carbons (Fsp3) is 0.429. The molecule has 0 bridgehead atoms. The van der Waals surface area contributed by atoms with Gasteiger partial charge in [-0.25, -0.2) is 0 Å². The molecule has 0 unspecified atom stereocenters. The van der Waals surface area contributed by atoms with Crippen LogP contribution in [-0.2, 0) is 4.79 Å². The number of hydrogen-bond donors (Lipinski definition) is 4. The van der Waals surface area contributed by atoms with Crippen LogP contribution in [-0.4, -0.2) is 11.9 Å². The summed E-state index contributed by atoms with van der Waals surface area (Å²) in [5.74, 6) is -0.687. The van der Waals surface area contributed by atoms with Crippen LogP contribution in [0.4, 0.5) is 0 Å². The highest BCUT2D eigenvalue weighted by Crippen LogP contribution is 2.08. The van der Waals surface area contributed by atoms with Crippen molar-refractivity contribution in [2.45, 2.75) is 58.3 Å². The highest BCUT2D eigenvalue weighted by molar-refractivity contribution is 5.89. The van der Waals surface area contributed by atoms with Gasteiger partial charge >= 0.3 is 0 Å². The molecule has 0 radical (unpaired) electrons. The predicted octanol–water partition coefficient (Wildman–Crippen LogP) is 4.42. The Balaban J connectivity index is 3.65. The van der Waals surface area contributed by atoms with E-state index in [1.54, 1.807) is 12.2 Å². The van der Waals surface area contributed by atoms with Crippen molar-refractivity contribution >= 4 is 11.9 Å². The molecule has 0 rings (SSSR count). The Labute approximate surface area is 158 Å². The highest BCUT2D eigenvalue weighted by Gasteiger charge is 1.91. The van der Waals surface area contributed by atoms with Gasteiger partial charge in [-0.05, 0) is 12.8 Å². The van der Waals surface area contributed by atoms with Crippen molar-refractivity contribution in [2.24, 2.45) is 5.73 Å². The molecule has 0 aliphatic rings. The summed E-state index contributed by atoms with van der Waals surface area (Å²) in [5, 5.41) is 6.89. The van der Waals surface area contributed by atoms with Gasteiger partial charge in [-0.3, -0.25) is 21.1 Å². The number of nitrogens with one attached hydrogen (secondary N) is 3. The number of guanidine groups is 1. The van der Waals surface area contributed by atoms with E-state index in [0.29, 0.717) is 0 Å². The number of hydrazine groups is 1. The van der Waals surface area contributed by atoms with Gasteiger partial charge in [0.2, 0.25) is 5.96 Å². The normalized spacial score (nSPS) is 12.2. The van der Waals surface area contributed by atoms with Gasteiger partial charge in [-0.2, -0.15) is 0 Å². The van der Waals surface area contributed by atoms with Gasteiger partial charge in [0.25, 0.3) is 5.91 Å². The first-order valence-electron chi connectivity index (χ1n) is 9.40. The zero-order chi connectivity index (χ0) is 19.3. The van der Waals surface area contributed by atoms with Crippen molar-refractivity contribution in [1.29, 1.82) is 5.41 Å². The lowest BCUT2D eigenvalue weighted by Gasteiger charge is -2.01. The van der Waals surface area contributed by atoms with Gasteiger partial charge in [0.1, 0.15) is 0 Å². The first-order valence-corrected chi connectivity index (χ1v) is 9.40. The quantitative estimate of drug-likeness (QED) is 0.0980. The molecule has 0 spiro atoms. The van der Waals surface area contributed by atoms with Gasteiger partial charge in [0.15, 0.2) is 0 Å². The lowest BCUT2D eigenvalue weighted by atomic mass is 10.1. The summed E-state index contributed by atoms with van der Waals surface area (Å²) < 4.78 is 0. The lowest BCUT2D eigenvalue weighted by Crippen LogP contribution is -2.44. The van der Waals surface area contributed by atoms with Gasteiger partial charge in [-0.15, -0.1) is 0 Å². The van der Waals surface area contributed by atoms with Gasteiger partial charge in [0, 0.05) is 6.08 Å². The Kier molecular flexibility index (Phi) is 16.9. The topological polar surface area (TPSA) is 91.0 Å². The molecule has 144 valence electrons. The number of carbonyl (C=O) groups is 1. The van der Waals surface area contributed by atoms with Crippen LogP contribution in [0.25, 0.3) is 0 Å². The molecule has 0 heterocycles. The molecule has 0 aliphatic heterocycles. The zero-order valence-corrected chi connectivity index (χ0v) is 15.9. The van der Waals surface area contributed by atoms with Crippen molar-refractivity contribution in [3.05, 3.63) is 60.8 Å². The molecular weight excluding hydrogens is 324 g/mol. The maximum atomic E-state index is 11.2. The minimum atomic E-state index is -0.375. The average Bonchev–Trinajstić information content (AvgIpc) is 2.62. The van der Waals surface area contributed by atoms with Crippen LogP contribution in [0.5, 0.6) is 0 Å². The molecule has 26 heavy (non-hydrogen) atoms. The van der Waals surface area contributed by atoms with E-state index in [4.69, 9.17) is 11.1 Å². The Bertz CT molecular complexity index is 516. The molecule has 0 saturated carbocycles. The van der Waals surface area contributed by atoms with Crippen LogP contribution in [0.2, 0.25) is 0 Å². The summed E-state index contributed by atoms with van der Waals surface area (Å²) in [6, 6.07) is 0. The highest BCUT2D eigenvalue weighted by atomic mass is 16.2. The van der Waals surface area contributed by atoms with Crippen LogP contribution in [0.3, 0.4) is 0 Å². The molecule has 0 aromatic heterocycles. The maximum Gasteiger partial charge on any atom is 0.262 e. The van der Waals surface area contributed by atoms with E-state index in [2.05, 4.69) is 29.9 Å². The number of unbranched alkanes of at least 4 members (excludes halogenated alkanes) is 7. The number of carbonyl (C=O) groups excluding carboxylic acids is 1. The predicted molar refractivity (Wildman–Crippen MR) is 112 cm³/mol. The fourth-order valence-corrected chi connectivity index (χ4v) is 2.09. The summed E-state index contributed by atoms with van der Waals surface area (Å²) in [7, 11) is 0. The van der Waals surface area contributed by atoms with Crippen molar-refractivity contribution in [1.82, 2.24) is 10.9 Å². The second-order valence-electron chi connectivity index (χ2n) is 5.88. The van der Waals surface area contributed by atoms with E-state index in [1.807, 2.05) is 30.4 Å². The molecule has 5 heteroatoms. The minimum absolute atomic E-state index is 0.312. The molecule has 5 N–H and O–H groups in total. The van der Waals surface area contributed by atoms with E-state index < -0.39 is 0 Å². The second kappa shape index (κ2) is 18.8. The lowest BCUT2D eigenvalue weighted by molar-refractivity contribution is -0.117. The second-order valence-corrected chi connectivity index (χ2v) is 5.88. The minimum Gasteiger partial charge on any atom is -0.369 e. The van der Waals surface area contributed by atoms with Gasteiger partial charge in [-0.1, -0.05) is 100 Å². The van der Waals surface area contributed by atoms with Crippen LogP contribution in [0.1, 0.15) is 58.3 Å². The third-order valence-electron chi connectivity index (χ3n) is 3.46. The first kappa shape index (κ1) is 23.4. The fourth-order valence-electron chi connectivity index (χ4n) is 2.09. The standard InChI is InChI=1S/C21H34N4O/c1-2-3-4-5-6-7-8-9-10-11-12-13-14-15-16-17-18-19-20(26)24-25-21(22)23/h10-19H,2-9H2,1H3,(H,24,26)(H4,22,23,25). The zero-order valence-electron chi connectivity index (χ0n) is 15.9. The third kappa shape index (κ3) is 19.5. The van der Waals surface area contributed by atoms with E-state index >= 15 is 0 Å². The number of rotatable bonds is 13. The Morgan fingerprint density at radius 2 is 1.35 bits per heavy atom. The van der Waals surface area contributed by atoms with E-state index in [0.717, 1.165) is 6.42 Å². The number of nitrogens with two attached hydrogens (primary N) is 1. The van der Waals surface area contributed by atoms with Crippen molar-refractivity contribution in [2.75, 3.05) is 0 Å². The van der Waals surface area contributed by atoms with E-state index in [1.165, 1.54) is 51.0 Å². The van der Waals surface area contributed by atoms with Crippen molar-refractivity contribution in [3.63, 3.8) is 0 Å². The maximum absolute atomic E-state index is 11.2. The summed E-state index contributed by atoms with van der Waals surface area (Å²) in [6.45, 7) is 2.25. The van der Waals surface area contributed by atoms with Crippen molar-refractivity contribution < 1.29 is 4.79 Å². The SMILES string of the molecule is CCCCCCCCCC=CC=CC=CC=CC=CC(=O)NNC(=N)N. The summed E-state index contributed by atoms with van der Waals surface area (Å²) >= 11 is 0. The Morgan fingerprint density at radius 3 is 1.96 bits per heavy atom. The first-order chi connectivity index (χ1) is 12.7. The van der Waals surface area contributed by atoms with Gasteiger partial charge in [0.05, 0.1) is 0 Å². The Hall–Kier alpha value is -2.56. The number of hydrogen-bond acceptors (Lipinski definition) is 2. The summed E-state index contributed by atoms with van der Waals surface area (Å²) in [6.07, 6.45) is 29.2. The largest absolute Gasteiger partial charge is 0.369 e. The van der Waals surface area contributed by atoms with Crippen LogP contribution >= 0.6 is 0 Å². The van der Waals surface area contributed by atoms with Crippen LogP contribution in [0.15, 0.2) is 60.8 Å². The number of amides is 1. The smallest absolute Gasteiger partial charge is 0.262 e. The molecule has 0 aromatic rings. The summed E-state index contributed by atoms with van der Waals surface area (Å²) in [5.41, 5.74) is 9.48. The molecule has 0 aromatic carbocycles. The molecule has 0 atom stereocenters. The molecule has 0 saturated heterocycles. The van der Waals surface area contributed by atoms with E-state index in [9.17, 15) is 4.79 Å². The Morgan fingerprint density at radius 1 is 0.808 bits per heavy atom. The summed E-state index contributed by atoms with van der Waals surface area (Å²) in [4.78, 5) is 11.2. The monoisotopic (exact) mass is 358 g/mol. The van der Waals surface area contributed by atoms with Crippen LogP contribution < -0.4 is 16.6 Å². The van der Waals surface area contributed by atoms with Gasteiger partial charge < -0.3 is 5.73 Å². The van der Waals surface area contributed by atoms with Crippen LogP contribution in [0, 0.1) is 5.41 Å². The average molecular weight is 359 g/mol.